The molecule has 0 unspecified atom stereocenters. The first-order valence-electron chi connectivity index (χ1n) is 12.6. The maximum Gasteiger partial charge on any atom is 0.258 e. The van der Waals surface area contributed by atoms with Gasteiger partial charge in [-0.2, -0.15) is 0 Å². The summed E-state index contributed by atoms with van der Waals surface area (Å²) in [6, 6.07) is 15.7. The predicted molar refractivity (Wildman–Crippen MR) is 148 cm³/mol. The number of para-hydroxylation sites is 1. The van der Waals surface area contributed by atoms with Gasteiger partial charge in [0, 0.05) is 48.5 Å². The van der Waals surface area contributed by atoms with Crippen LogP contribution >= 0.6 is 11.6 Å². The van der Waals surface area contributed by atoms with E-state index in [1.54, 1.807) is 47.6 Å². The third kappa shape index (κ3) is 6.32. The number of aliphatic hydroxyl groups is 1. The van der Waals surface area contributed by atoms with Crippen LogP contribution in [0, 0.1) is 5.92 Å². The van der Waals surface area contributed by atoms with Crippen LogP contribution in [-0.4, -0.2) is 70.6 Å². The number of anilines is 1. The number of pyridine rings is 1. The van der Waals surface area contributed by atoms with E-state index in [9.17, 15) is 14.7 Å². The van der Waals surface area contributed by atoms with Gasteiger partial charge in [-0.1, -0.05) is 42.8 Å². The van der Waals surface area contributed by atoms with Crippen LogP contribution in [0.25, 0.3) is 0 Å². The standard InChI is InChI=1S/C29H33ClN4O4/c1-19-15-34(20(2)18-35)29(37)23-8-6-10-25(32-28(36)21-11-13-31-14-12-21)27(23)38-26(19)17-33(3)16-22-7-4-5-9-24(22)30/h4-14,19-20,26,35H,15-18H2,1-3H3,(H,32,36)/t19-,20-,26+/m0/s1. The quantitative estimate of drug-likeness (QED) is 0.445. The first-order valence-corrected chi connectivity index (χ1v) is 13.0. The van der Waals surface area contributed by atoms with E-state index in [1.165, 1.54) is 0 Å². The number of ether oxygens (including phenoxy) is 1. The highest BCUT2D eigenvalue weighted by Crippen LogP contribution is 2.35. The van der Waals surface area contributed by atoms with Crippen molar-refractivity contribution in [3.8, 4) is 5.75 Å². The summed E-state index contributed by atoms with van der Waals surface area (Å²) in [5.41, 5.74) is 2.19. The fourth-order valence-corrected chi connectivity index (χ4v) is 4.74. The first kappa shape index (κ1) is 27.6. The summed E-state index contributed by atoms with van der Waals surface area (Å²) in [4.78, 5) is 34.4. The Kier molecular flexibility index (Phi) is 8.99. The maximum absolute atomic E-state index is 13.6. The minimum Gasteiger partial charge on any atom is -0.486 e. The van der Waals surface area contributed by atoms with Crippen LogP contribution in [0.4, 0.5) is 5.69 Å². The number of nitrogens with zero attached hydrogens (tertiary/aromatic N) is 3. The molecule has 2 amide bonds. The summed E-state index contributed by atoms with van der Waals surface area (Å²) in [6.45, 7) is 5.27. The van der Waals surface area contributed by atoms with Crippen LogP contribution in [0.5, 0.6) is 5.75 Å². The molecule has 0 bridgehead atoms. The highest BCUT2D eigenvalue weighted by Gasteiger charge is 2.34. The monoisotopic (exact) mass is 536 g/mol. The second-order valence-electron chi connectivity index (χ2n) is 9.78. The third-order valence-corrected chi connectivity index (χ3v) is 7.14. The van der Waals surface area contributed by atoms with Gasteiger partial charge in [0.1, 0.15) is 6.10 Å². The third-order valence-electron chi connectivity index (χ3n) is 6.77. The van der Waals surface area contributed by atoms with Gasteiger partial charge in [-0.3, -0.25) is 19.5 Å². The number of rotatable bonds is 8. The summed E-state index contributed by atoms with van der Waals surface area (Å²) in [6.07, 6.45) is 2.78. The van der Waals surface area contributed by atoms with Gasteiger partial charge in [-0.05, 0) is 49.9 Å². The Labute approximate surface area is 228 Å². The van der Waals surface area contributed by atoms with Crippen LogP contribution in [-0.2, 0) is 6.54 Å². The van der Waals surface area contributed by atoms with Crippen molar-refractivity contribution in [1.82, 2.24) is 14.8 Å². The number of hydrogen-bond acceptors (Lipinski definition) is 6. The van der Waals surface area contributed by atoms with Gasteiger partial charge in [0.25, 0.3) is 11.8 Å². The molecule has 0 radical (unpaired) electrons. The Bertz CT molecular complexity index is 1270. The van der Waals surface area contributed by atoms with Gasteiger partial charge in [-0.15, -0.1) is 0 Å². The lowest BCUT2D eigenvalue weighted by atomic mass is 9.98. The highest BCUT2D eigenvalue weighted by atomic mass is 35.5. The smallest absolute Gasteiger partial charge is 0.258 e. The molecule has 0 saturated heterocycles. The zero-order valence-electron chi connectivity index (χ0n) is 21.8. The molecule has 4 rings (SSSR count). The predicted octanol–water partition coefficient (Wildman–Crippen LogP) is 4.34. The van der Waals surface area contributed by atoms with Crippen molar-refractivity contribution in [3.63, 3.8) is 0 Å². The molecule has 1 aliphatic rings. The summed E-state index contributed by atoms with van der Waals surface area (Å²) in [5, 5.41) is 13.5. The van der Waals surface area contributed by atoms with Crippen LogP contribution in [0.1, 0.15) is 40.1 Å². The van der Waals surface area contributed by atoms with Gasteiger partial charge >= 0.3 is 0 Å². The normalized spacial score (nSPS) is 18.3. The van der Waals surface area contributed by atoms with Gasteiger partial charge in [0.2, 0.25) is 0 Å². The summed E-state index contributed by atoms with van der Waals surface area (Å²) < 4.78 is 6.58. The largest absolute Gasteiger partial charge is 0.486 e. The Balaban J connectivity index is 1.67. The Morgan fingerprint density at radius 2 is 1.95 bits per heavy atom. The number of fused-ring (bicyclic) bond motifs is 1. The van der Waals surface area contributed by atoms with E-state index in [4.69, 9.17) is 16.3 Å². The molecule has 2 aromatic carbocycles. The molecule has 0 fully saturated rings. The minimum absolute atomic E-state index is 0.0706. The fourth-order valence-electron chi connectivity index (χ4n) is 4.55. The number of aromatic nitrogens is 1. The number of nitrogens with one attached hydrogen (secondary N) is 1. The molecule has 2 N–H and O–H groups in total. The lowest BCUT2D eigenvalue weighted by Gasteiger charge is -2.38. The van der Waals surface area contributed by atoms with Crippen molar-refractivity contribution < 1.29 is 19.4 Å². The minimum atomic E-state index is -0.382. The lowest BCUT2D eigenvalue weighted by Crippen LogP contribution is -2.49. The molecule has 200 valence electrons. The molecule has 3 aromatic rings. The first-order chi connectivity index (χ1) is 18.3. The van der Waals surface area contributed by atoms with Crippen LogP contribution in [0.15, 0.2) is 67.0 Å². The molecular formula is C29H33ClN4O4. The van der Waals surface area contributed by atoms with Gasteiger partial charge in [0.15, 0.2) is 5.75 Å². The van der Waals surface area contributed by atoms with Gasteiger partial charge in [-0.25, -0.2) is 0 Å². The molecular weight excluding hydrogens is 504 g/mol. The van der Waals surface area contributed by atoms with Crippen molar-refractivity contribution in [2.24, 2.45) is 5.92 Å². The van der Waals surface area contributed by atoms with E-state index in [-0.39, 0.29) is 36.5 Å². The average molecular weight is 537 g/mol. The second kappa shape index (κ2) is 12.4. The highest BCUT2D eigenvalue weighted by molar-refractivity contribution is 6.31. The van der Waals surface area contributed by atoms with Crippen molar-refractivity contribution in [3.05, 3.63) is 88.7 Å². The molecule has 2 heterocycles. The Morgan fingerprint density at radius 3 is 2.66 bits per heavy atom. The van der Waals surface area contributed by atoms with Crippen molar-refractivity contribution >= 4 is 29.1 Å². The van der Waals surface area contributed by atoms with Crippen LogP contribution < -0.4 is 10.1 Å². The summed E-state index contributed by atoms with van der Waals surface area (Å²) in [7, 11) is 2.00. The van der Waals surface area contributed by atoms with Crippen molar-refractivity contribution in [2.75, 3.05) is 32.1 Å². The topological polar surface area (TPSA) is 95.0 Å². The second-order valence-corrected chi connectivity index (χ2v) is 10.2. The molecule has 9 heteroatoms. The zero-order chi connectivity index (χ0) is 27.2. The molecule has 3 atom stereocenters. The molecule has 0 spiro atoms. The van der Waals surface area contributed by atoms with E-state index < -0.39 is 0 Å². The number of amides is 2. The number of aliphatic hydroxyl groups excluding tert-OH is 1. The Morgan fingerprint density at radius 1 is 1.21 bits per heavy atom. The Hall–Kier alpha value is -3.46. The number of halogens is 1. The van der Waals surface area contributed by atoms with Gasteiger partial charge < -0.3 is 20.1 Å². The van der Waals surface area contributed by atoms with E-state index in [0.29, 0.717) is 47.2 Å². The molecule has 1 aromatic heterocycles. The fraction of sp³-hybridized carbons (Fsp3) is 0.345. The van der Waals surface area contributed by atoms with E-state index in [1.807, 2.05) is 45.2 Å². The van der Waals surface area contributed by atoms with E-state index >= 15 is 0 Å². The van der Waals surface area contributed by atoms with Crippen molar-refractivity contribution in [1.29, 1.82) is 0 Å². The van der Waals surface area contributed by atoms with Crippen LogP contribution in [0.2, 0.25) is 5.02 Å². The summed E-state index contributed by atoms with van der Waals surface area (Å²) in [5.74, 6) is -0.340. The van der Waals surface area contributed by atoms with E-state index in [2.05, 4.69) is 15.2 Å². The molecule has 38 heavy (non-hydrogen) atoms. The van der Waals surface area contributed by atoms with Crippen molar-refractivity contribution in [2.45, 2.75) is 32.5 Å². The molecule has 0 aliphatic carbocycles. The number of hydrogen-bond donors (Lipinski definition) is 2. The summed E-state index contributed by atoms with van der Waals surface area (Å²) >= 11 is 6.39. The van der Waals surface area contributed by atoms with E-state index in [0.717, 1.165) is 5.56 Å². The van der Waals surface area contributed by atoms with Crippen LogP contribution in [0.3, 0.4) is 0 Å². The zero-order valence-corrected chi connectivity index (χ0v) is 22.6. The number of carbonyl (C=O) groups is 2. The maximum atomic E-state index is 13.6. The lowest BCUT2D eigenvalue weighted by molar-refractivity contribution is 0.0343. The number of carbonyl (C=O) groups excluding carboxylic acids is 2. The van der Waals surface area contributed by atoms with Gasteiger partial charge in [0.05, 0.1) is 23.9 Å². The molecule has 0 saturated carbocycles. The number of likely N-dealkylation sites (N-methyl/N-ethyl adjacent to an activating group) is 1. The SMILES string of the molecule is C[C@H]1CN([C@@H](C)CO)C(=O)c2cccc(NC(=O)c3ccncc3)c2O[C@@H]1CN(C)Cc1ccccc1Cl. The molecule has 1 aliphatic heterocycles. The number of benzene rings is 2. The average Bonchev–Trinajstić information content (AvgIpc) is 2.92. The molecule has 8 nitrogen and oxygen atoms in total.